The second-order valence-corrected chi connectivity index (χ2v) is 10.2. The lowest BCUT2D eigenvalue weighted by Gasteiger charge is -2.10. The molecule has 0 radical (unpaired) electrons. The fourth-order valence-electron chi connectivity index (χ4n) is 3.54. The van der Waals surface area contributed by atoms with Crippen LogP contribution in [0.4, 0.5) is 0 Å². The third-order valence-corrected chi connectivity index (χ3v) is 7.00. The molecule has 1 aromatic rings. The summed E-state index contributed by atoms with van der Waals surface area (Å²) in [6.07, 6.45) is 5.25. The normalized spacial score (nSPS) is 23.7. The lowest BCUT2D eigenvalue weighted by Crippen LogP contribution is -2.30. The number of carbonyl (C=O) groups excluding carboxylic acids is 3. The van der Waals surface area contributed by atoms with Crippen molar-refractivity contribution in [2.24, 2.45) is 0 Å². The molecule has 4 N–H and O–H groups in total. The first-order valence-electron chi connectivity index (χ1n) is 11.6. The van der Waals surface area contributed by atoms with E-state index in [9.17, 15) is 22.8 Å². The van der Waals surface area contributed by atoms with E-state index in [4.69, 9.17) is 9.29 Å². The van der Waals surface area contributed by atoms with Gasteiger partial charge in [0.15, 0.2) is 0 Å². The van der Waals surface area contributed by atoms with Gasteiger partial charge in [-0.25, -0.2) is 0 Å². The second-order valence-electron chi connectivity index (χ2n) is 8.55. The van der Waals surface area contributed by atoms with Crippen LogP contribution in [-0.4, -0.2) is 62.6 Å². The minimum Gasteiger partial charge on any atom is -0.394 e. The van der Waals surface area contributed by atoms with Crippen LogP contribution in [0.1, 0.15) is 57.4 Å². The van der Waals surface area contributed by atoms with Crippen LogP contribution in [0.25, 0.3) is 0 Å². The minimum atomic E-state index is -3.73. The molecule has 0 aliphatic carbocycles. The third-order valence-electron chi connectivity index (χ3n) is 5.70. The number of rotatable bonds is 6. The van der Waals surface area contributed by atoms with Gasteiger partial charge in [0, 0.05) is 25.3 Å². The lowest BCUT2D eigenvalue weighted by molar-refractivity contribution is -0.120. The van der Waals surface area contributed by atoms with E-state index in [1.807, 2.05) is 6.92 Å². The van der Waals surface area contributed by atoms with E-state index in [0.717, 1.165) is 31.2 Å². The Labute approximate surface area is 201 Å². The maximum absolute atomic E-state index is 11.8. The molecule has 190 valence electrons. The van der Waals surface area contributed by atoms with Gasteiger partial charge in [0.1, 0.15) is 0 Å². The molecule has 0 saturated carbocycles. The van der Waals surface area contributed by atoms with E-state index in [0.29, 0.717) is 25.3 Å². The average molecular weight is 498 g/mol. The summed E-state index contributed by atoms with van der Waals surface area (Å²) in [5.74, 6) is 0.220. The van der Waals surface area contributed by atoms with Crippen LogP contribution in [0.5, 0.6) is 0 Å². The van der Waals surface area contributed by atoms with Crippen LogP contribution in [0, 0.1) is 6.92 Å². The Morgan fingerprint density at radius 2 is 1.32 bits per heavy atom. The number of aliphatic hydroxyl groups is 1. The molecule has 3 aliphatic heterocycles. The molecule has 11 heteroatoms. The summed E-state index contributed by atoms with van der Waals surface area (Å²) >= 11 is 0. The molecule has 0 bridgehead atoms. The monoisotopic (exact) mass is 497 g/mol. The van der Waals surface area contributed by atoms with Gasteiger partial charge in [-0.1, -0.05) is 24.6 Å². The number of nitrogens with one attached hydrogen (secondary N) is 3. The van der Waals surface area contributed by atoms with Crippen molar-refractivity contribution in [3.63, 3.8) is 0 Å². The molecule has 3 atom stereocenters. The van der Waals surface area contributed by atoms with Crippen LogP contribution >= 0.6 is 0 Å². The van der Waals surface area contributed by atoms with E-state index in [-0.39, 0.29) is 47.9 Å². The van der Waals surface area contributed by atoms with Gasteiger partial charge >= 0.3 is 0 Å². The van der Waals surface area contributed by atoms with Crippen LogP contribution < -0.4 is 16.0 Å². The van der Waals surface area contributed by atoms with Gasteiger partial charge in [-0.15, -0.1) is 0 Å². The Morgan fingerprint density at radius 3 is 1.68 bits per heavy atom. The van der Waals surface area contributed by atoms with E-state index in [1.54, 1.807) is 12.1 Å². The number of hydrogen-bond donors (Lipinski definition) is 4. The zero-order valence-electron chi connectivity index (χ0n) is 19.7. The third kappa shape index (κ3) is 9.40. The lowest BCUT2D eigenvalue weighted by atomic mass is 10.2. The highest BCUT2D eigenvalue weighted by atomic mass is 32.2. The Bertz CT molecular complexity index is 908. The minimum absolute atomic E-state index is 0.0120. The molecular weight excluding hydrogens is 462 g/mol. The van der Waals surface area contributed by atoms with Crippen molar-refractivity contribution >= 4 is 27.8 Å². The molecule has 0 spiro atoms. The smallest absolute Gasteiger partial charge is 0.297 e. The second kappa shape index (κ2) is 13.4. The predicted octanol–water partition coefficient (Wildman–Crippen LogP) is 0.911. The molecule has 3 amide bonds. The molecule has 0 unspecified atom stereocenters. The summed E-state index contributed by atoms with van der Waals surface area (Å²) in [4.78, 5) is 32.0. The highest BCUT2D eigenvalue weighted by Crippen LogP contribution is 2.15. The van der Waals surface area contributed by atoms with Crippen molar-refractivity contribution in [1.29, 1.82) is 0 Å². The number of amides is 3. The number of benzene rings is 1. The topological polar surface area (TPSA) is 151 Å². The van der Waals surface area contributed by atoms with E-state index >= 15 is 0 Å². The first kappa shape index (κ1) is 27.7. The first-order chi connectivity index (χ1) is 16.1. The predicted molar refractivity (Wildman–Crippen MR) is 125 cm³/mol. The van der Waals surface area contributed by atoms with Crippen molar-refractivity contribution in [3.05, 3.63) is 29.8 Å². The Morgan fingerprint density at radius 1 is 0.853 bits per heavy atom. The van der Waals surface area contributed by atoms with Crippen LogP contribution in [0.2, 0.25) is 0 Å². The zero-order valence-corrected chi connectivity index (χ0v) is 20.5. The SMILES string of the molecule is CC[C@@H]1CCC(=O)N1.Cc1ccc(S(=O)(=O)OC[C@@H]2CCC(=O)N2)cc1.O=C1CC[C@@H](CO)N1. The van der Waals surface area contributed by atoms with Crippen molar-refractivity contribution in [1.82, 2.24) is 16.0 Å². The maximum atomic E-state index is 11.8. The molecule has 3 heterocycles. The molecule has 3 aliphatic rings. The van der Waals surface area contributed by atoms with Crippen molar-refractivity contribution < 1.29 is 32.1 Å². The molecular formula is C23H35N3O7S. The largest absolute Gasteiger partial charge is 0.394 e. The Hall–Kier alpha value is -2.50. The average Bonchev–Trinajstić information content (AvgIpc) is 3.55. The number of aliphatic hydroxyl groups excluding tert-OH is 1. The number of hydrogen-bond acceptors (Lipinski definition) is 7. The van der Waals surface area contributed by atoms with Crippen molar-refractivity contribution in [3.8, 4) is 0 Å². The molecule has 0 aromatic heterocycles. The van der Waals surface area contributed by atoms with Gasteiger partial charge in [-0.3, -0.25) is 18.6 Å². The highest BCUT2D eigenvalue weighted by Gasteiger charge is 2.24. The molecule has 10 nitrogen and oxygen atoms in total. The van der Waals surface area contributed by atoms with Crippen molar-refractivity contribution in [2.45, 2.75) is 81.8 Å². The molecule has 3 fully saturated rings. The van der Waals surface area contributed by atoms with E-state index in [2.05, 4.69) is 22.9 Å². The van der Waals surface area contributed by atoms with Gasteiger partial charge in [-0.2, -0.15) is 8.42 Å². The quantitative estimate of drug-likeness (QED) is 0.427. The fourth-order valence-corrected chi connectivity index (χ4v) is 4.49. The standard InChI is InChI=1S/C12H15NO4S.C6H11NO.C5H9NO2/c1-9-2-5-11(6-3-9)18(15,16)17-8-10-4-7-12(14)13-10;1-2-5-3-4-6(8)7-5;7-3-4-1-2-5(8)6-4/h2-3,5-6,10H,4,7-8H2,1H3,(H,13,14);5H,2-4H2,1H3,(H,7,8);4,7H,1-3H2,(H,6,8)/t10-;5-;4-/m010/s1. The molecule has 1 aromatic carbocycles. The van der Waals surface area contributed by atoms with Gasteiger partial charge in [0.2, 0.25) is 17.7 Å². The maximum Gasteiger partial charge on any atom is 0.297 e. The Kier molecular flexibility index (Phi) is 10.9. The Balaban J connectivity index is 0.000000210. The van der Waals surface area contributed by atoms with E-state index < -0.39 is 10.1 Å². The summed E-state index contributed by atoms with van der Waals surface area (Å²) < 4.78 is 28.6. The summed E-state index contributed by atoms with van der Waals surface area (Å²) in [6.45, 7) is 4.04. The van der Waals surface area contributed by atoms with Crippen LogP contribution in [0.3, 0.4) is 0 Å². The van der Waals surface area contributed by atoms with Crippen LogP contribution in [-0.2, 0) is 28.7 Å². The summed E-state index contributed by atoms with van der Waals surface area (Å²) in [6, 6.07) is 6.75. The molecule has 34 heavy (non-hydrogen) atoms. The number of carbonyl (C=O) groups is 3. The van der Waals surface area contributed by atoms with E-state index in [1.165, 1.54) is 12.1 Å². The molecule has 3 saturated heterocycles. The summed E-state index contributed by atoms with van der Waals surface area (Å²) in [7, 11) is -3.73. The van der Waals surface area contributed by atoms with Gasteiger partial charge < -0.3 is 21.1 Å². The summed E-state index contributed by atoms with van der Waals surface area (Å²) in [5, 5.41) is 16.6. The zero-order chi connectivity index (χ0) is 25.1. The first-order valence-corrected chi connectivity index (χ1v) is 13.0. The van der Waals surface area contributed by atoms with Crippen molar-refractivity contribution in [2.75, 3.05) is 13.2 Å². The number of aryl methyl sites for hydroxylation is 1. The van der Waals surface area contributed by atoms with Gasteiger partial charge in [0.25, 0.3) is 10.1 Å². The van der Waals surface area contributed by atoms with Gasteiger partial charge in [-0.05, 0) is 44.7 Å². The fraction of sp³-hybridized carbons (Fsp3) is 0.609. The van der Waals surface area contributed by atoms with Crippen LogP contribution in [0.15, 0.2) is 29.2 Å². The molecule has 4 rings (SSSR count). The summed E-state index contributed by atoms with van der Waals surface area (Å²) in [5.41, 5.74) is 0.983. The highest BCUT2D eigenvalue weighted by molar-refractivity contribution is 7.86. The van der Waals surface area contributed by atoms with Gasteiger partial charge in [0.05, 0.1) is 30.2 Å².